The molecule has 0 spiro atoms. The Hall–Kier alpha value is -3.82. The number of nitrogens with two attached hydrogens (primary N) is 1. The van der Waals surface area contributed by atoms with Gasteiger partial charge in [0.05, 0.1) is 11.4 Å². The lowest BCUT2D eigenvalue weighted by molar-refractivity contribution is -0.138. The molecule has 236 valence electrons. The van der Waals surface area contributed by atoms with Gasteiger partial charge in [-0.15, -0.1) is 0 Å². The van der Waals surface area contributed by atoms with E-state index in [0.717, 1.165) is 82.8 Å². The van der Waals surface area contributed by atoms with Crippen LogP contribution < -0.4 is 5.73 Å². The lowest BCUT2D eigenvalue weighted by atomic mass is 9.85. The molecule has 3 fully saturated rings. The Bertz CT molecular complexity index is 1560. The molecule has 1 aromatic carbocycles. The van der Waals surface area contributed by atoms with Gasteiger partial charge in [-0.3, -0.25) is 14.7 Å². The van der Waals surface area contributed by atoms with Gasteiger partial charge in [-0.2, -0.15) is 0 Å². The molecule has 0 radical (unpaired) electrons. The standard InChI is InChI=1S/C36H46N8O/c37-36-39-24-27(25-40-36)26-42-18-11-29(12-19-42)35(45)43-20-13-28(14-21-43)33-30-8-2-3-10-32(30)44(23-22-41-16-6-1-7-17-41)34(33)31-9-4-5-15-38-31/h2-5,8-10,15,24-25,28-29H,1,6-7,11-14,16-23,26H2,(H2,37,39,40). The number of hydrogen-bond acceptors (Lipinski definition) is 7. The molecule has 6 heterocycles. The fraction of sp³-hybridized carbons (Fsp3) is 0.500. The first kappa shape index (κ1) is 29.9. The van der Waals surface area contributed by atoms with E-state index in [1.807, 2.05) is 12.3 Å². The van der Waals surface area contributed by atoms with Gasteiger partial charge in [0.25, 0.3) is 0 Å². The first-order valence-corrected chi connectivity index (χ1v) is 17.0. The van der Waals surface area contributed by atoms with Crippen LogP contribution in [0.25, 0.3) is 22.3 Å². The van der Waals surface area contributed by atoms with E-state index in [1.54, 1.807) is 12.4 Å². The summed E-state index contributed by atoms with van der Waals surface area (Å²) in [5.41, 5.74) is 11.8. The number of hydrogen-bond donors (Lipinski definition) is 1. The Morgan fingerprint density at radius 2 is 1.51 bits per heavy atom. The van der Waals surface area contributed by atoms with Gasteiger partial charge in [-0.25, -0.2) is 9.97 Å². The van der Waals surface area contributed by atoms with Crippen molar-refractivity contribution >= 4 is 22.8 Å². The molecule has 1 amide bonds. The van der Waals surface area contributed by atoms with Crippen LogP contribution in [0.2, 0.25) is 0 Å². The predicted molar refractivity (Wildman–Crippen MR) is 178 cm³/mol. The highest BCUT2D eigenvalue weighted by Crippen LogP contribution is 2.42. The zero-order valence-corrected chi connectivity index (χ0v) is 26.4. The average Bonchev–Trinajstić information content (AvgIpc) is 3.43. The van der Waals surface area contributed by atoms with E-state index in [1.165, 1.54) is 54.5 Å². The molecule has 0 saturated carbocycles. The normalized spacial score (nSPS) is 19.3. The summed E-state index contributed by atoms with van der Waals surface area (Å²) in [4.78, 5) is 34.0. The van der Waals surface area contributed by atoms with Gasteiger partial charge in [0, 0.05) is 73.7 Å². The lowest BCUT2D eigenvalue weighted by Gasteiger charge is -2.37. The van der Waals surface area contributed by atoms with Crippen molar-refractivity contribution in [3.8, 4) is 11.4 Å². The molecule has 9 heteroatoms. The summed E-state index contributed by atoms with van der Waals surface area (Å²) >= 11 is 0. The fourth-order valence-corrected chi connectivity index (χ4v) is 7.87. The molecule has 45 heavy (non-hydrogen) atoms. The third kappa shape index (κ3) is 6.60. The Morgan fingerprint density at radius 3 is 2.24 bits per heavy atom. The largest absolute Gasteiger partial charge is 0.368 e. The van der Waals surface area contributed by atoms with E-state index >= 15 is 0 Å². The number of fused-ring (bicyclic) bond motifs is 1. The summed E-state index contributed by atoms with van der Waals surface area (Å²) in [5.74, 6) is 1.16. The van der Waals surface area contributed by atoms with Crippen molar-refractivity contribution in [1.29, 1.82) is 0 Å². The number of carbonyl (C=O) groups is 1. The van der Waals surface area contributed by atoms with Crippen LogP contribution in [0.3, 0.4) is 0 Å². The minimum Gasteiger partial charge on any atom is -0.368 e. The van der Waals surface area contributed by atoms with Crippen molar-refractivity contribution in [2.45, 2.75) is 64.0 Å². The van der Waals surface area contributed by atoms with E-state index in [0.29, 0.717) is 17.8 Å². The van der Waals surface area contributed by atoms with Crippen LogP contribution in [0.4, 0.5) is 5.95 Å². The monoisotopic (exact) mass is 606 g/mol. The van der Waals surface area contributed by atoms with E-state index in [9.17, 15) is 4.79 Å². The first-order valence-electron chi connectivity index (χ1n) is 17.0. The number of carbonyl (C=O) groups excluding carboxylic acids is 1. The van der Waals surface area contributed by atoms with Crippen molar-refractivity contribution in [3.63, 3.8) is 0 Å². The van der Waals surface area contributed by atoms with Gasteiger partial charge in [0.1, 0.15) is 0 Å². The summed E-state index contributed by atoms with van der Waals surface area (Å²) < 4.78 is 2.55. The number of pyridine rings is 1. The minimum absolute atomic E-state index is 0.112. The molecule has 3 aliphatic rings. The molecule has 3 aromatic heterocycles. The molecule has 0 aliphatic carbocycles. The van der Waals surface area contributed by atoms with Crippen molar-refractivity contribution in [2.24, 2.45) is 5.92 Å². The van der Waals surface area contributed by atoms with Crippen LogP contribution in [0, 0.1) is 5.92 Å². The zero-order chi connectivity index (χ0) is 30.6. The number of anilines is 1. The van der Waals surface area contributed by atoms with E-state index < -0.39 is 0 Å². The van der Waals surface area contributed by atoms with Gasteiger partial charge >= 0.3 is 0 Å². The van der Waals surface area contributed by atoms with Crippen molar-refractivity contribution in [1.82, 2.24) is 34.2 Å². The molecule has 7 rings (SSSR count). The molecular formula is C36H46N8O. The van der Waals surface area contributed by atoms with Crippen LogP contribution in [0.5, 0.6) is 0 Å². The molecule has 0 unspecified atom stereocenters. The average molecular weight is 607 g/mol. The van der Waals surface area contributed by atoms with E-state index in [2.05, 4.69) is 65.6 Å². The van der Waals surface area contributed by atoms with Gasteiger partial charge in [-0.05, 0) is 94.4 Å². The van der Waals surface area contributed by atoms with Crippen LogP contribution in [0.15, 0.2) is 61.1 Å². The highest BCUT2D eigenvalue weighted by molar-refractivity contribution is 5.92. The maximum Gasteiger partial charge on any atom is 0.225 e. The first-order chi connectivity index (χ1) is 22.1. The quantitative estimate of drug-likeness (QED) is 0.295. The molecular weight excluding hydrogens is 560 g/mol. The number of para-hydroxylation sites is 1. The number of nitrogen functional groups attached to an aromatic ring is 1. The molecule has 0 bridgehead atoms. The summed E-state index contributed by atoms with van der Waals surface area (Å²) in [6, 6.07) is 15.2. The van der Waals surface area contributed by atoms with E-state index in [4.69, 9.17) is 10.7 Å². The number of likely N-dealkylation sites (tertiary alicyclic amines) is 3. The molecule has 9 nitrogen and oxygen atoms in total. The summed E-state index contributed by atoms with van der Waals surface area (Å²) in [6.45, 7) is 8.72. The lowest BCUT2D eigenvalue weighted by Crippen LogP contribution is -2.45. The van der Waals surface area contributed by atoms with Crippen LogP contribution in [-0.2, 0) is 17.9 Å². The van der Waals surface area contributed by atoms with Crippen molar-refractivity contribution < 1.29 is 4.79 Å². The molecule has 3 saturated heterocycles. The van der Waals surface area contributed by atoms with Crippen molar-refractivity contribution in [3.05, 3.63) is 72.2 Å². The van der Waals surface area contributed by atoms with Crippen LogP contribution >= 0.6 is 0 Å². The second kappa shape index (κ2) is 13.7. The summed E-state index contributed by atoms with van der Waals surface area (Å²) in [6.07, 6.45) is 13.3. The van der Waals surface area contributed by atoms with Gasteiger partial charge in [0.15, 0.2) is 0 Å². The Balaban J connectivity index is 1.05. The third-order valence-electron chi connectivity index (χ3n) is 10.3. The molecule has 2 N–H and O–H groups in total. The minimum atomic E-state index is 0.112. The predicted octanol–water partition coefficient (Wildman–Crippen LogP) is 5.18. The third-order valence-corrected chi connectivity index (χ3v) is 10.3. The SMILES string of the molecule is Nc1ncc(CN2CCC(C(=O)N3CCC(c4c(-c5ccccn5)n(CCN5CCCCC5)c5ccccc45)CC3)CC2)cn1. The molecule has 4 aromatic rings. The van der Waals surface area contributed by atoms with Crippen LogP contribution in [-0.4, -0.2) is 85.9 Å². The smallest absolute Gasteiger partial charge is 0.225 e. The Labute approximate surface area is 266 Å². The topological polar surface area (TPSA) is 96.4 Å². The number of nitrogens with zero attached hydrogens (tertiary/aromatic N) is 7. The second-order valence-electron chi connectivity index (χ2n) is 13.1. The van der Waals surface area contributed by atoms with Gasteiger partial charge in [0.2, 0.25) is 11.9 Å². The Morgan fingerprint density at radius 1 is 0.778 bits per heavy atom. The van der Waals surface area contributed by atoms with Gasteiger partial charge in [-0.1, -0.05) is 30.7 Å². The van der Waals surface area contributed by atoms with Crippen LogP contribution in [0.1, 0.15) is 62.0 Å². The van der Waals surface area contributed by atoms with Crippen molar-refractivity contribution in [2.75, 3.05) is 51.5 Å². The maximum atomic E-state index is 13.7. The number of piperidine rings is 3. The molecule has 0 atom stereocenters. The molecule has 3 aliphatic heterocycles. The highest BCUT2D eigenvalue weighted by Gasteiger charge is 2.34. The zero-order valence-electron chi connectivity index (χ0n) is 26.4. The number of rotatable bonds is 8. The fourth-order valence-electron chi connectivity index (χ4n) is 7.87. The number of amides is 1. The van der Waals surface area contributed by atoms with E-state index in [-0.39, 0.29) is 5.92 Å². The highest BCUT2D eigenvalue weighted by atomic mass is 16.2. The number of benzene rings is 1. The summed E-state index contributed by atoms with van der Waals surface area (Å²) in [7, 11) is 0. The summed E-state index contributed by atoms with van der Waals surface area (Å²) in [5, 5.41) is 1.35. The number of aromatic nitrogens is 4. The maximum absolute atomic E-state index is 13.7. The van der Waals surface area contributed by atoms with Gasteiger partial charge < -0.3 is 20.1 Å². The second-order valence-corrected chi connectivity index (χ2v) is 13.1. The Kier molecular flexibility index (Phi) is 9.07.